The summed E-state index contributed by atoms with van der Waals surface area (Å²) < 4.78 is 11.8. The van der Waals surface area contributed by atoms with Crippen LogP contribution in [0.15, 0.2) is 24.5 Å². The van der Waals surface area contributed by atoms with Gasteiger partial charge in [-0.1, -0.05) is 0 Å². The highest BCUT2D eigenvalue weighted by Crippen LogP contribution is 2.08. The van der Waals surface area contributed by atoms with Crippen LogP contribution in [-0.2, 0) is 0 Å². The standard InChI is InChI=1S/C9H13FN2/c1-8(12-7-4-10)9-2-5-11-6-3-9/h2-3,5-6,8,12H,4,7H2,1H3/t8-/m1/s1. The van der Waals surface area contributed by atoms with E-state index in [0.717, 1.165) is 5.56 Å². The average Bonchev–Trinajstić information content (AvgIpc) is 2.15. The molecule has 3 heteroatoms. The van der Waals surface area contributed by atoms with Crippen LogP contribution in [0.1, 0.15) is 18.5 Å². The van der Waals surface area contributed by atoms with Crippen LogP contribution in [0.2, 0.25) is 0 Å². The minimum absolute atomic E-state index is 0.198. The predicted octanol–water partition coefficient (Wildman–Crippen LogP) is 1.70. The molecular formula is C9H13FN2. The first-order valence-electron chi connectivity index (χ1n) is 4.04. The molecule has 1 rings (SSSR count). The van der Waals surface area contributed by atoms with Gasteiger partial charge in [0, 0.05) is 25.0 Å². The maximum absolute atomic E-state index is 11.8. The number of aromatic nitrogens is 1. The highest BCUT2D eigenvalue weighted by Gasteiger charge is 2.01. The van der Waals surface area contributed by atoms with Gasteiger partial charge in [0.2, 0.25) is 0 Å². The Morgan fingerprint density at radius 2 is 2.17 bits per heavy atom. The van der Waals surface area contributed by atoms with Crippen molar-refractivity contribution in [2.45, 2.75) is 13.0 Å². The number of alkyl halides is 1. The van der Waals surface area contributed by atoms with Gasteiger partial charge >= 0.3 is 0 Å². The van der Waals surface area contributed by atoms with Gasteiger partial charge in [-0.05, 0) is 24.6 Å². The Labute approximate surface area is 71.8 Å². The maximum Gasteiger partial charge on any atom is 0.102 e. The lowest BCUT2D eigenvalue weighted by Crippen LogP contribution is -2.20. The van der Waals surface area contributed by atoms with Crippen LogP contribution in [0, 0.1) is 0 Å². The van der Waals surface area contributed by atoms with Crippen molar-refractivity contribution in [3.63, 3.8) is 0 Å². The van der Waals surface area contributed by atoms with Gasteiger partial charge in [0.05, 0.1) is 0 Å². The number of hydrogen-bond donors (Lipinski definition) is 1. The zero-order valence-corrected chi connectivity index (χ0v) is 7.13. The number of nitrogens with zero attached hydrogens (tertiary/aromatic N) is 1. The smallest absolute Gasteiger partial charge is 0.102 e. The highest BCUT2D eigenvalue weighted by atomic mass is 19.1. The molecule has 1 heterocycles. The summed E-state index contributed by atoms with van der Waals surface area (Å²) in [5, 5.41) is 3.05. The molecule has 12 heavy (non-hydrogen) atoms. The topological polar surface area (TPSA) is 24.9 Å². The molecule has 0 radical (unpaired) electrons. The van der Waals surface area contributed by atoms with Gasteiger partial charge in [-0.15, -0.1) is 0 Å². The van der Waals surface area contributed by atoms with Gasteiger partial charge in [-0.3, -0.25) is 4.98 Å². The Hall–Kier alpha value is -0.960. The van der Waals surface area contributed by atoms with Crippen LogP contribution in [0.25, 0.3) is 0 Å². The zero-order chi connectivity index (χ0) is 8.81. The second-order valence-corrected chi connectivity index (χ2v) is 2.65. The molecule has 0 aliphatic carbocycles. The van der Waals surface area contributed by atoms with Crippen molar-refractivity contribution < 1.29 is 4.39 Å². The molecule has 0 unspecified atom stereocenters. The van der Waals surface area contributed by atoms with E-state index in [0.29, 0.717) is 6.54 Å². The van der Waals surface area contributed by atoms with E-state index in [1.54, 1.807) is 12.4 Å². The van der Waals surface area contributed by atoms with Crippen molar-refractivity contribution in [3.8, 4) is 0 Å². The summed E-state index contributed by atoms with van der Waals surface area (Å²) in [6, 6.07) is 4.05. The van der Waals surface area contributed by atoms with Crippen molar-refractivity contribution in [2.24, 2.45) is 0 Å². The zero-order valence-electron chi connectivity index (χ0n) is 7.13. The molecule has 0 amide bonds. The van der Waals surface area contributed by atoms with Crippen LogP contribution in [0.4, 0.5) is 4.39 Å². The third-order valence-electron chi connectivity index (χ3n) is 1.75. The van der Waals surface area contributed by atoms with Gasteiger partial charge < -0.3 is 5.32 Å². The molecule has 0 aliphatic heterocycles. The van der Waals surface area contributed by atoms with Crippen molar-refractivity contribution >= 4 is 0 Å². The summed E-state index contributed by atoms with van der Waals surface area (Å²) >= 11 is 0. The third kappa shape index (κ3) is 2.58. The van der Waals surface area contributed by atoms with E-state index >= 15 is 0 Å². The van der Waals surface area contributed by atoms with Gasteiger partial charge in [0.15, 0.2) is 0 Å². The van der Waals surface area contributed by atoms with Crippen molar-refractivity contribution in [2.75, 3.05) is 13.2 Å². The first kappa shape index (κ1) is 9.13. The quantitative estimate of drug-likeness (QED) is 0.740. The average molecular weight is 168 g/mol. The second-order valence-electron chi connectivity index (χ2n) is 2.65. The molecule has 1 atom stereocenters. The number of hydrogen-bond acceptors (Lipinski definition) is 2. The molecule has 0 fully saturated rings. The second kappa shape index (κ2) is 4.83. The van der Waals surface area contributed by atoms with Crippen LogP contribution >= 0.6 is 0 Å². The van der Waals surface area contributed by atoms with Crippen molar-refractivity contribution in [1.29, 1.82) is 0 Å². The Morgan fingerprint density at radius 3 is 2.75 bits per heavy atom. The number of nitrogens with one attached hydrogen (secondary N) is 1. The van der Waals surface area contributed by atoms with Crippen LogP contribution in [0.5, 0.6) is 0 Å². The number of pyridine rings is 1. The van der Waals surface area contributed by atoms with Crippen LogP contribution in [0.3, 0.4) is 0 Å². The lowest BCUT2D eigenvalue weighted by molar-refractivity contribution is 0.444. The minimum atomic E-state index is -0.324. The largest absolute Gasteiger partial charge is 0.308 e. The van der Waals surface area contributed by atoms with E-state index in [1.807, 2.05) is 19.1 Å². The van der Waals surface area contributed by atoms with Gasteiger partial charge in [0.25, 0.3) is 0 Å². The highest BCUT2D eigenvalue weighted by molar-refractivity contribution is 5.13. The van der Waals surface area contributed by atoms with Crippen molar-refractivity contribution in [3.05, 3.63) is 30.1 Å². The predicted molar refractivity (Wildman–Crippen MR) is 46.6 cm³/mol. The van der Waals surface area contributed by atoms with Crippen molar-refractivity contribution in [1.82, 2.24) is 10.3 Å². The van der Waals surface area contributed by atoms with E-state index in [4.69, 9.17) is 0 Å². The Balaban J connectivity index is 2.48. The fourth-order valence-corrected chi connectivity index (χ4v) is 1.04. The Bertz CT molecular complexity index is 213. The monoisotopic (exact) mass is 168 g/mol. The summed E-state index contributed by atoms with van der Waals surface area (Å²) in [5.41, 5.74) is 1.14. The molecule has 0 aromatic carbocycles. The third-order valence-corrected chi connectivity index (χ3v) is 1.75. The lowest BCUT2D eigenvalue weighted by Gasteiger charge is -2.11. The molecule has 1 aromatic rings. The Morgan fingerprint density at radius 1 is 1.50 bits per heavy atom. The summed E-state index contributed by atoms with van der Waals surface area (Å²) in [5.74, 6) is 0. The molecular weight excluding hydrogens is 155 g/mol. The normalized spacial score (nSPS) is 12.8. The first-order chi connectivity index (χ1) is 5.84. The molecule has 0 bridgehead atoms. The maximum atomic E-state index is 11.8. The van der Waals surface area contributed by atoms with Crippen LogP contribution < -0.4 is 5.32 Å². The molecule has 66 valence electrons. The fourth-order valence-electron chi connectivity index (χ4n) is 1.04. The van der Waals surface area contributed by atoms with E-state index < -0.39 is 0 Å². The Kier molecular flexibility index (Phi) is 3.67. The van der Waals surface area contributed by atoms with Gasteiger partial charge in [0.1, 0.15) is 6.67 Å². The molecule has 0 saturated heterocycles. The summed E-state index contributed by atoms with van der Waals surface area (Å²) in [6.07, 6.45) is 3.48. The molecule has 1 aromatic heterocycles. The van der Waals surface area contributed by atoms with E-state index in [1.165, 1.54) is 0 Å². The molecule has 1 N–H and O–H groups in total. The molecule has 0 aliphatic rings. The lowest BCUT2D eigenvalue weighted by atomic mass is 10.1. The number of halogens is 1. The fraction of sp³-hybridized carbons (Fsp3) is 0.444. The van der Waals surface area contributed by atoms with Crippen LogP contribution in [-0.4, -0.2) is 18.2 Å². The van der Waals surface area contributed by atoms with Gasteiger partial charge in [-0.25, -0.2) is 4.39 Å². The minimum Gasteiger partial charge on any atom is -0.308 e. The van der Waals surface area contributed by atoms with E-state index in [-0.39, 0.29) is 12.7 Å². The number of rotatable bonds is 4. The summed E-state index contributed by atoms with van der Waals surface area (Å²) in [6.45, 7) is 2.09. The molecule has 0 saturated carbocycles. The van der Waals surface area contributed by atoms with E-state index in [2.05, 4.69) is 10.3 Å². The summed E-state index contributed by atoms with van der Waals surface area (Å²) in [7, 11) is 0. The molecule has 0 spiro atoms. The SMILES string of the molecule is C[C@@H](NCCF)c1ccncc1. The van der Waals surface area contributed by atoms with E-state index in [9.17, 15) is 4.39 Å². The summed E-state index contributed by atoms with van der Waals surface area (Å²) in [4.78, 5) is 3.91. The molecule has 2 nitrogen and oxygen atoms in total. The first-order valence-corrected chi connectivity index (χ1v) is 4.04. The van der Waals surface area contributed by atoms with Gasteiger partial charge in [-0.2, -0.15) is 0 Å².